The average Bonchev–Trinajstić information content (AvgIpc) is 2.15. The van der Waals surface area contributed by atoms with Gasteiger partial charge in [0.2, 0.25) is 5.91 Å². The Bertz CT molecular complexity index is 182. The summed E-state index contributed by atoms with van der Waals surface area (Å²) < 4.78 is 5.40. The van der Waals surface area contributed by atoms with Crippen molar-refractivity contribution in [1.82, 2.24) is 4.90 Å². The summed E-state index contributed by atoms with van der Waals surface area (Å²) in [4.78, 5) is 13.5. The predicted molar refractivity (Wildman–Crippen MR) is 51.4 cm³/mol. The van der Waals surface area contributed by atoms with Crippen molar-refractivity contribution < 1.29 is 9.53 Å². The Hall–Kier alpha value is -0.570. The van der Waals surface area contributed by atoms with Gasteiger partial charge in [0.05, 0.1) is 6.10 Å². The van der Waals surface area contributed by atoms with Crippen LogP contribution in [0, 0.1) is 5.92 Å². The van der Waals surface area contributed by atoms with Crippen molar-refractivity contribution in [3.05, 3.63) is 0 Å². The second kappa shape index (κ2) is 4.61. The summed E-state index contributed by atoms with van der Waals surface area (Å²) >= 11 is 0. The molecule has 0 spiro atoms. The number of ether oxygens (including phenoxy) is 1. The van der Waals surface area contributed by atoms with Crippen LogP contribution in [-0.2, 0) is 9.53 Å². The van der Waals surface area contributed by atoms with Gasteiger partial charge in [0, 0.05) is 26.1 Å². The summed E-state index contributed by atoms with van der Waals surface area (Å²) in [6.07, 6.45) is 2.00. The fraction of sp³-hybridized carbons (Fsp3) is 0.900. The predicted octanol–water partition coefficient (Wildman–Crippen LogP) is 1.28. The van der Waals surface area contributed by atoms with Gasteiger partial charge in [-0.3, -0.25) is 4.79 Å². The van der Waals surface area contributed by atoms with Crippen LogP contribution in [0.15, 0.2) is 0 Å². The van der Waals surface area contributed by atoms with E-state index in [9.17, 15) is 4.79 Å². The van der Waals surface area contributed by atoms with E-state index in [0.717, 1.165) is 26.0 Å². The second-order valence-corrected chi connectivity index (χ2v) is 3.76. The maximum Gasteiger partial charge on any atom is 0.225 e. The molecule has 76 valence electrons. The van der Waals surface area contributed by atoms with Crippen molar-refractivity contribution in [1.29, 1.82) is 0 Å². The lowest BCUT2D eigenvalue weighted by Gasteiger charge is -2.29. The number of carbonyl (C=O) groups excluding carboxylic acids is 1. The molecule has 0 bridgehead atoms. The standard InChI is InChI=1S/C10H19NO2/c1-4-11(3)10(12)9-5-6-13-8(2)7-9/h8-9H,4-7H2,1-3H3. The van der Waals surface area contributed by atoms with Crippen molar-refractivity contribution in [2.75, 3.05) is 20.2 Å². The molecule has 1 rings (SSSR count). The topological polar surface area (TPSA) is 29.5 Å². The van der Waals surface area contributed by atoms with Gasteiger partial charge in [0.1, 0.15) is 0 Å². The van der Waals surface area contributed by atoms with Crippen LogP contribution >= 0.6 is 0 Å². The second-order valence-electron chi connectivity index (χ2n) is 3.76. The van der Waals surface area contributed by atoms with E-state index in [-0.39, 0.29) is 17.9 Å². The monoisotopic (exact) mass is 185 g/mol. The third-order valence-corrected chi connectivity index (χ3v) is 2.68. The molecule has 0 N–H and O–H groups in total. The molecule has 1 amide bonds. The lowest BCUT2D eigenvalue weighted by atomic mass is 9.95. The summed E-state index contributed by atoms with van der Waals surface area (Å²) in [5.74, 6) is 0.464. The molecule has 0 saturated carbocycles. The van der Waals surface area contributed by atoms with Crippen LogP contribution < -0.4 is 0 Å². The molecular weight excluding hydrogens is 166 g/mol. The Morgan fingerprint density at radius 3 is 2.85 bits per heavy atom. The number of nitrogens with zero attached hydrogens (tertiary/aromatic N) is 1. The minimum absolute atomic E-state index is 0.189. The van der Waals surface area contributed by atoms with E-state index in [2.05, 4.69) is 0 Å². The van der Waals surface area contributed by atoms with Gasteiger partial charge in [-0.1, -0.05) is 0 Å². The summed E-state index contributed by atoms with van der Waals surface area (Å²) in [5.41, 5.74) is 0. The Morgan fingerprint density at radius 2 is 2.31 bits per heavy atom. The fourth-order valence-corrected chi connectivity index (χ4v) is 1.69. The van der Waals surface area contributed by atoms with Crippen LogP contribution in [0.2, 0.25) is 0 Å². The van der Waals surface area contributed by atoms with E-state index in [1.54, 1.807) is 4.90 Å². The van der Waals surface area contributed by atoms with Crippen molar-refractivity contribution >= 4 is 5.91 Å². The van der Waals surface area contributed by atoms with E-state index < -0.39 is 0 Å². The normalized spacial score (nSPS) is 28.5. The lowest BCUT2D eigenvalue weighted by molar-refractivity contribution is -0.138. The van der Waals surface area contributed by atoms with Crippen LogP contribution in [0.25, 0.3) is 0 Å². The Labute approximate surface area is 80.1 Å². The molecule has 1 fully saturated rings. The molecule has 0 aliphatic carbocycles. The highest BCUT2D eigenvalue weighted by Crippen LogP contribution is 2.21. The quantitative estimate of drug-likeness (QED) is 0.648. The molecule has 1 aliphatic rings. The van der Waals surface area contributed by atoms with Gasteiger partial charge in [0.15, 0.2) is 0 Å². The van der Waals surface area contributed by atoms with Gasteiger partial charge in [-0.2, -0.15) is 0 Å². The zero-order valence-electron chi connectivity index (χ0n) is 8.75. The molecule has 3 nitrogen and oxygen atoms in total. The third-order valence-electron chi connectivity index (χ3n) is 2.68. The van der Waals surface area contributed by atoms with Gasteiger partial charge in [-0.15, -0.1) is 0 Å². The largest absolute Gasteiger partial charge is 0.378 e. The van der Waals surface area contributed by atoms with E-state index in [0.29, 0.717) is 0 Å². The highest BCUT2D eigenvalue weighted by Gasteiger charge is 2.26. The smallest absolute Gasteiger partial charge is 0.225 e. The average molecular weight is 185 g/mol. The minimum atomic E-state index is 0.189. The molecule has 1 saturated heterocycles. The summed E-state index contributed by atoms with van der Waals surface area (Å²) in [7, 11) is 1.86. The van der Waals surface area contributed by atoms with Crippen LogP contribution in [0.4, 0.5) is 0 Å². The molecule has 0 aromatic carbocycles. The molecule has 1 aliphatic heterocycles. The first kappa shape index (κ1) is 10.5. The summed E-state index contributed by atoms with van der Waals surface area (Å²) in [5, 5.41) is 0. The number of carbonyl (C=O) groups is 1. The molecular formula is C10H19NO2. The van der Waals surface area contributed by atoms with Gasteiger partial charge in [-0.05, 0) is 26.7 Å². The Balaban J connectivity index is 2.46. The fourth-order valence-electron chi connectivity index (χ4n) is 1.69. The number of hydrogen-bond acceptors (Lipinski definition) is 2. The van der Waals surface area contributed by atoms with E-state index in [1.165, 1.54) is 0 Å². The van der Waals surface area contributed by atoms with E-state index in [4.69, 9.17) is 4.74 Å². The number of amides is 1. The zero-order chi connectivity index (χ0) is 9.84. The van der Waals surface area contributed by atoms with Crippen LogP contribution in [0.3, 0.4) is 0 Å². The lowest BCUT2D eigenvalue weighted by Crippen LogP contribution is -2.37. The van der Waals surface area contributed by atoms with Gasteiger partial charge in [-0.25, -0.2) is 0 Å². The molecule has 0 aromatic heterocycles. The van der Waals surface area contributed by atoms with Crippen molar-refractivity contribution in [3.63, 3.8) is 0 Å². The Morgan fingerprint density at radius 1 is 1.62 bits per heavy atom. The van der Waals surface area contributed by atoms with E-state index >= 15 is 0 Å². The molecule has 2 unspecified atom stereocenters. The number of hydrogen-bond donors (Lipinski definition) is 0. The maximum absolute atomic E-state index is 11.7. The highest BCUT2D eigenvalue weighted by molar-refractivity contribution is 5.78. The van der Waals surface area contributed by atoms with Gasteiger partial charge in [0.25, 0.3) is 0 Å². The molecule has 0 aromatic rings. The highest BCUT2D eigenvalue weighted by atomic mass is 16.5. The molecule has 3 heteroatoms. The SMILES string of the molecule is CCN(C)C(=O)C1CCOC(C)C1. The molecule has 0 radical (unpaired) electrons. The molecule has 2 atom stereocenters. The zero-order valence-corrected chi connectivity index (χ0v) is 8.75. The molecule has 1 heterocycles. The molecule has 13 heavy (non-hydrogen) atoms. The van der Waals surface area contributed by atoms with E-state index in [1.807, 2.05) is 20.9 Å². The third kappa shape index (κ3) is 2.69. The van der Waals surface area contributed by atoms with Gasteiger partial charge >= 0.3 is 0 Å². The number of rotatable bonds is 2. The summed E-state index contributed by atoms with van der Waals surface area (Å²) in [6.45, 7) is 5.56. The van der Waals surface area contributed by atoms with Gasteiger partial charge < -0.3 is 9.64 Å². The first-order valence-electron chi connectivity index (χ1n) is 5.01. The van der Waals surface area contributed by atoms with Crippen molar-refractivity contribution in [2.45, 2.75) is 32.8 Å². The minimum Gasteiger partial charge on any atom is -0.378 e. The first-order chi connectivity index (χ1) is 6.15. The first-order valence-corrected chi connectivity index (χ1v) is 5.01. The van der Waals surface area contributed by atoms with Crippen LogP contribution in [0.1, 0.15) is 26.7 Å². The summed E-state index contributed by atoms with van der Waals surface area (Å²) in [6, 6.07) is 0. The van der Waals surface area contributed by atoms with Crippen LogP contribution in [-0.4, -0.2) is 37.1 Å². The van der Waals surface area contributed by atoms with Crippen molar-refractivity contribution in [3.8, 4) is 0 Å². The Kier molecular flexibility index (Phi) is 3.72. The maximum atomic E-state index is 11.7. The van der Waals surface area contributed by atoms with Crippen LogP contribution in [0.5, 0.6) is 0 Å². The van der Waals surface area contributed by atoms with Crippen molar-refractivity contribution in [2.24, 2.45) is 5.92 Å².